The molecule has 1 aromatic heterocycles. The van der Waals surface area contributed by atoms with E-state index in [1.165, 1.54) is 0 Å². The number of carbonyl (C=O) groups excluding carboxylic acids is 1. The molecule has 1 aliphatic rings. The molecule has 0 bridgehead atoms. The van der Waals surface area contributed by atoms with Gasteiger partial charge in [0.05, 0.1) is 19.3 Å². The van der Waals surface area contributed by atoms with E-state index >= 15 is 0 Å². The molecule has 1 aliphatic heterocycles. The van der Waals surface area contributed by atoms with Gasteiger partial charge in [-0.3, -0.25) is 9.18 Å². The van der Waals surface area contributed by atoms with Crippen molar-refractivity contribution in [3.05, 3.63) is 47.9 Å². The number of hydrogen-bond acceptors (Lipinski definition) is 5. The summed E-state index contributed by atoms with van der Waals surface area (Å²) in [6, 6.07) is 1.82. The Hall–Kier alpha value is -2.41. The second-order valence-electron chi connectivity index (χ2n) is 5.42. The molecule has 0 aromatic carbocycles. The highest BCUT2D eigenvalue weighted by Gasteiger charge is 2.27. The van der Waals surface area contributed by atoms with Crippen molar-refractivity contribution in [1.29, 1.82) is 0 Å². The first kappa shape index (κ1) is 23.6. The Morgan fingerprint density at radius 1 is 1.46 bits per heavy atom. The molecular formula is C19H31FN4O2. The summed E-state index contributed by atoms with van der Waals surface area (Å²) in [4.78, 5) is 20.4. The van der Waals surface area contributed by atoms with Crippen LogP contribution in [0.2, 0.25) is 0 Å². The Morgan fingerprint density at radius 2 is 2.12 bits per heavy atom. The minimum absolute atomic E-state index is 0.0503. The summed E-state index contributed by atoms with van der Waals surface area (Å²) in [7, 11) is 4.10. The zero-order chi connectivity index (χ0) is 20.1. The Labute approximate surface area is 156 Å². The molecule has 6 nitrogen and oxygen atoms in total. The van der Waals surface area contributed by atoms with Crippen molar-refractivity contribution in [1.82, 2.24) is 15.2 Å². The van der Waals surface area contributed by atoms with Crippen LogP contribution in [0.5, 0.6) is 0 Å². The molecule has 1 amide bonds. The second kappa shape index (κ2) is 12.9. The smallest absolute Gasteiger partial charge is 0.261 e. The number of allylic oxidation sites excluding steroid dienone is 1. The van der Waals surface area contributed by atoms with Crippen LogP contribution in [0.3, 0.4) is 0 Å². The average Bonchev–Trinajstić information content (AvgIpc) is 2.75. The van der Waals surface area contributed by atoms with Gasteiger partial charge in [0.15, 0.2) is 0 Å². The van der Waals surface area contributed by atoms with E-state index in [0.717, 1.165) is 17.8 Å². The molecule has 7 heteroatoms. The van der Waals surface area contributed by atoms with Crippen molar-refractivity contribution in [2.75, 3.05) is 45.9 Å². The molecule has 2 N–H and O–H groups in total. The van der Waals surface area contributed by atoms with Crippen LogP contribution in [0.25, 0.3) is 0 Å². The predicted octanol–water partition coefficient (Wildman–Crippen LogP) is 2.37. The van der Waals surface area contributed by atoms with Gasteiger partial charge in [-0.2, -0.15) is 0 Å². The third-order valence-corrected chi connectivity index (χ3v) is 3.72. The standard InChI is InChI=1S/C14H19N3O2.C4H9N.CH3F/c1-4-17-9-10(2)16(3)14(19)12-7-11(5-6-18)8-15-13(12)17;1-3-4-5-2;1-2/h7-8,18H,2,4-6,9H2,1,3H3;3-5H,1-2H3;1H3/b;4-3-;. The number of nitrogens with zero attached hydrogens (tertiary/aromatic N) is 3. The van der Waals surface area contributed by atoms with E-state index in [2.05, 4.69) is 16.9 Å². The molecule has 26 heavy (non-hydrogen) atoms. The summed E-state index contributed by atoms with van der Waals surface area (Å²) >= 11 is 0. The summed E-state index contributed by atoms with van der Waals surface area (Å²) in [5.41, 5.74) is 2.20. The van der Waals surface area contributed by atoms with Gasteiger partial charge in [-0.05, 0) is 38.1 Å². The summed E-state index contributed by atoms with van der Waals surface area (Å²) in [5.74, 6) is 0.600. The number of rotatable bonds is 4. The highest BCUT2D eigenvalue weighted by Crippen LogP contribution is 2.26. The molecule has 0 spiro atoms. The number of alkyl halides is 1. The predicted molar refractivity (Wildman–Crippen MR) is 105 cm³/mol. The highest BCUT2D eigenvalue weighted by molar-refractivity contribution is 6.00. The van der Waals surface area contributed by atoms with E-state index in [0.29, 0.717) is 31.5 Å². The molecule has 0 unspecified atom stereocenters. The molecule has 0 fully saturated rings. The normalized spacial score (nSPS) is 13.3. The number of aliphatic hydroxyl groups is 1. The number of fused-ring (bicyclic) bond motifs is 1. The van der Waals surface area contributed by atoms with Crippen molar-refractivity contribution >= 4 is 11.7 Å². The maximum Gasteiger partial charge on any atom is 0.261 e. The number of hydrogen-bond donors (Lipinski definition) is 2. The maximum atomic E-state index is 12.4. The number of anilines is 1. The van der Waals surface area contributed by atoms with Gasteiger partial charge in [-0.1, -0.05) is 12.7 Å². The monoisotopic (exact) mass is 366 g/mol. The summed E-state index contributed by atoms with van der Waals surface area (Å²) in [6.07, 6.45) is 6.05. The fourth-order valence-electron chi connectivity index (χ4n) is 2.33. The first-order chi connectivity index (χ1) is 12.5. The molecule has 2 heterocycles. The van der Waals surface area contributed by atoms with Gasteiger partial charge in [0.1, 0.15) is 5.82 Å². The molecule has 0 saturated heterocycles. The number of nitrogens with one attached hydrogen (secondary N) is 1. The number of carbonyl (C=O) groups is 1. The topological polar surface area (TPSA) is 68.7 Å². The van der Waals surface area contributed by atoms with E-state index in [1.807, 2.05) is 44.1 Å². The lowest BCUT2D eigenvalue weighted by molar-refractivity contribution is 0.0839. The van der Waals surface area contributed by atoms with Crippen LogP contribution < -0.4 is 10.2 Å². The van der Waals surface area contributed by atoms with E-state index < -0.39 is 0 Å². The number of aliphatic hydroxyl groups excluding tert-OH is 1. The van der Waals surface area contributed by atoms with E-state index in [4.69, 9.17) is 5.11 Å². The van der Waals surface area contributed by atoms with Crippen LogP contribution in [0, 0.1) is 0 Å². The van der Waals surface area contributed by atoms with Crippen molar-refractivity contribution in [2.45, 2.75) is 20.3 Å². The SMILES string of the molecule is C/C=C\NC.C=C1CN(CC)c2ncc(CCO)cc2C(=O)N1C.CF. The minimum Gasteiger partial charge on any atom is -0.396 e. The Morgan fingerprint density at radius 3 is 2.58 bits per heavy atom. The lowest BCUT2D eigenvalue weighted by Crippen LogP contribution is -2.29. The maximum absolute atomic E-state index is 12.4. The fourth-order valence-corrected chi connectivity index (χ4v) is 2.33. The number of pyridine rings is 1. The van der Waals surface area contributed by atoms with Gasteiger partial charge in [0, 0.05) is 39.1 Å². The molecule has 0 saturated carbocycles. The molecular weight excluding hydrogens is 335 g/mol. The van der Waals surface area contributed by atoms with Crippen molar-refractivity contribution < 1.29 is 14.3 Å². The molecule has 0 atom stereocenters. The molecule has 0 radical (unpaired) electrons. The fraction of sp³-hybridized carbons (Fsp3) is 0.474. The van der Waals surface area contributed by atoms with Crippen LogP contribution in [0.1, 0.15) is 29.8 Å². The van der Waals surface area contributed by atoms with Gasteiger partial charge in [0.2, 0.25) is 0 Å². The largest absolute Gasteiger partial charge is 0.396 e. The average molecular weight is 366 g/mol. The second-order valence-corrected chi connectivity index (χ2v) is 5.42. The van der Waals surface area contributed by atoms with Gasteiger partial charge < -0.3 is 20.2 Å². The van der Waals surface area contributed by atoms with Crippen LogP contribution in [0.15, 0.2) is 36.8 Å². The zero-order valence-electron chi connectivity index (χ0n) is 16.4. The van der Waals surface area contributed by atoms with Gasteiger partial charge >= 0.3 is 0 Å². The minimum atomic E-state index is -0.0942. The summed E-state index contributed by atoms with van der Waals surface area (Å²) in [6.45, 7) is 9.34. The molecule has 1 aromatic rings. The lowest BCUT2D eigenvalue weighted by atomic mass is 10.1. The number of amides is 1. The Kier molecular flexibility index (Phi) is 11.7. The van der Waals surface area contributed by atoms with Crippen molar-refractivity contribution in [2.24, 2.45) is 0 Å². The van der Waals surface area contributed by atoms with E-state index in [9.17, 15) is 9.18 Å². The zero-order valence-corrected chi connectivity index (χ0v) is 16.4. The molecule has 2 rings (SSSR count). The lowest BCUT2D eigenvalue weighted by Gasteiger charge is -2.22. The molecule has 0 aliphatic carbocycles. The number of likely N-dealkylation sites (N-methyl/N-ethyl adjacent to an activating group) is 2. The third kappa shape index (κ3) is 6.48. The van der Waals surface area contributed by atoms with Gasteiger partial charge in [-0.25, -0.2) is 4.98 Å². The Balaban J connectivity index is 0.000000772. The van der Waals surface area contributed by atoms with Crippen LogP contribution in [-0.2, 0) is 6.42 Å². The quantitative estimate of drug-likeness (QED) is 0.856. The van der Waals surface area contributed by atoms with E-state index in [1.54, 1.807) is 18.1 Å². The van der Waals surface area contributed by atoms with E-state index in [-0.39, 0.29) is 12.5 Å². The van der Waals surface area contributed by atoms with Crippen LogP contribution >= 0.6 is 0 Å². The highest BCUT2D eigenvalue weighted by atomic mass is 19.1. The van der Waals surface area contributed by atoms with Gasteiger partial charge in [0.25, 0.3) is 5.91 Å². The van der Waals surface area contributed by atoms with Crippen LogP contribution in [-0.4, -0.2) is 61.9 Å². The first-order valence-corrected chi connectivity index (χ1v) is 8.46. The molecule has 146 valence electrons. The third-order valence-electron chi connectivity index (χ3n) is 3.72. The summed E-state index contributed by atoms with van der Waals surface area (Å²) in [5, 5.41) is 11.8. The summed E-state index contributed by atoms with van der Waals surface area (Å²) < 4.78 is 9.50. The first-order valence-electron chi connectivity index (χ1n) is 8.46. The van der Waals surface area contributed by atoms with Crippen LogP contribution in [0.4, 0.5) is 10.2 Å². The van der Waals surface area contributed by atoms with Crippen molar-refractivity contribution in [3.8, 4) is 0 Å². The Bertz CT molecular complexity index is 605. The van der Waals surface area contributed by atoms with Crippen molar-refractivity contribution in [3.63, 3.8) is 0 Å². The number of aromatic nitrogens is 1. The number of halogens is 1. The van der Waals surface area contributed by atoms with Gasteiger partial charge in [-0.15, -0.1) is 0 Å².